The number of aryl methyl sites for hydroxylation is 1. The van der Waals surface area contributed by atoms with Gasteiger partial charge in [-0.25, -0.2) is 4.79 Å². The molecule has 6 heteroatoms. The quantitative estimate of drug-likeness (QED) is 0.0854. The molecule has 0 aliphatic rings. The van der Waals surface area contributed by atoms with Gasteiger partial charge in [0.1, 0.15) is 11.3 Å². The molecule has 1 aromatic heterocycles. The third kappa shape index (κ3) is 5.69. The number of furan rings is 1. The topological polar surface area (TPSA) is 68.9 Å². The normalized spacial score (nSPS) is 11.6. The predicted octanol–water partition coefficient (Wildman–Crippen LogP) is 8.59. The van der Waals surface area contributed by atoms with Gasteiger partial charge in [-0.05, 0) is 77.9 Å². The van der Waals surface area contributed by atoms with Gasteiger partial charge < -0.3 is 9.25 Å². The second-order valence-corrected chi connectivity index (χ2v) is 10.8. The lowest BCUT2D eigenvalue weighted by Crippen LogP contribution is -2.07. The van der Waals surface area contributed by atoms with Crippen LogP contribution in [-0.4, -0.2) is 17.5 Å². The van der Waals surface area contributed by atoms with E-state index in [1.54, 1.807) is 11.8 Å². The Morgan fingerprint density at radius 3 is 1.98 bits per heavy atom. The number of hydrogen-bond acceptors (Lipinski definition) is 6. The van der Waals surface area contributed by atoms with E-state index in [2.05, 4.69) is 5.16 Å². The van der Waals surface area contributed by atoms with E-state index in [0.717, 1.165) is 42.6 Å². The molecule has 0 bridgehead atoms. The number of oxime groups is 1. The third-order valence-corrected chi connectivity index (χ3v) is 7.77. The molecule has 0 atom stereocenters. The molecule has 6 rings (SSSR count). The minimum Gasteiger partial charge on any atom is -0.453 e. The summed E-state index contributed by atoms with van der Waals surface area (Å²) in [5, 5.41) is 7.23. The molecule has 0 aliphatic heterocycles. The Kier molecular flexibility index (Phi) is 7.23. The highest BCUT2D eigenvalue weighted by molar-refractivity contribution is 7.99. The molecular formula is C35H25NO4S. The Morgan fingerprint density at radius 1 is 0.707 bits per heavy atom. The highest BCUT2D eigenvalue weighted by Gasteiger charge is 2.16. The highest BCUT2D eigenvalue weighted by atomic mass is 32.2. The zero-order chi connectivity index (χ0) is 28.3. The van der Waals surface area contributed by atoms with Crippen molar-refractivity contribution in [3.8, 4) is 0 Å². The van der Waals surface area contributed by atoms with Crippen molar-refractivity contribution in [2.24, 2.45) is 5.16 Å². The van der Waals surface area contributed by atoms with Gasteiger partial charge in [-0.1, -0.05) is 77.6 Å². The van der Waals surface area contributed by atoms with Crippen molar-refractivity contribution in [1.29, 1.82) is 0 Å². The maximum Gasteiger partial charge on any atom is 0.332 e. The number of fused-ring (bicyclic) bond motifs is 2. The van der Waals surface area contributed by atoms with Crippen LogP contribution in [0.15, 0.2) is 135 Å². The minimum absolute atomic E-state index is 0.151. The van der Waals surface area contributed by atoms with Crippen molar-refractivity contribution in [2.45, 2.75) is 23.6 Å². The third-order valence-electron chi connectivity index (χ3n) is 6.75. The van der Waals surface area contributed by atoms with Crippen molar-refractivity contribution in [3.05, 3.63) is 143 Å². The molecule has 0 amide bonds. The molecule has 6 aromatic rings. The van der Waals surface area contributed by atoms with Crippen LogP contribution < -0.4 is 0 Å². The Balaban J connectivity index is 1.19. The summed E-state index contributed by atoms with van der Waals surface area (Å²) < 4.78 is 5.93. The first-order valence-corrected chi connectivity index (χ1v) is 13.9. The lowest BCUT2D eigenvalue weighted by Gasteiger charge is -2.10. The number of carbonyl (C=O) groups excluding carboxylic acids is 2. The molecule has 0 unspecified atom stereocenters. The van der Waals surface area contributed by atoms with E-state index in [1.165, 1.54) is 6.92 Å². The van der Waals surface area contributed by atoms with Gasteiger partial charge in [0.05, 0.1) is 0 Å². The first kappa shape index (κ1) is 26.3. The van der Waals surface area contributed by atoms with Crippen LogP contribution in [0.1, 0.15) is 39.7 Å². The van der Waals surface area contributed by atoms with E-state index < -0.39 is 5.97 Å². The van der Waals surface area contributed by atoms with Crippen molar-refractivity contribution >= 4 is 51.0 Å². The largest absolute Gasteiger partial charge is 0.453 e. The lowest BCUT2D eigenvalue weighted by molar-refractivity contribution is -0.140. The van der Waals surface area contributed by atoms with Crippen molar-refractivity contribution in [3.63, 3.8) is 0 Å². The summed E-state index contributed by atoms with van der Waals surface area (Å²) in [5.41, 5.74) is 4.62. The molecular weight excluding hydrogens is 530 g/mol. The summed E-state index contributed by atoms with van der Waals surface area (Å²) in [7, 11) is 0. The van der Waals surface area contributed by atoms with Gasteiger partial charge in [0.15, 0.2) is 5.76 Å². The highest BCUT2D eigenvalue weighted by Crippen LogP contribution is 2.30. The molecule has 0 saturated heterocycles. The zero-order valence-electron chi connectivity index (χ0n) is 22.5. The second kappa shape index (κ2) is 11.3. The molecule has 5 aromatic carbocycles. The Hall–Kier alpha value is -4.94. The maximum atomic E-state index is 13.2. The van der Waals surface area contributed by atoms with Gasteiger partial charge in [-0.3, -0.25) is 4.79 Å². The van der Waals surface area contributed by atoms with Gasteiger partial charge in [0.2, 0.25) is 5.78 Å². The van der Waals surface area contributed by atoms with Crippen LogP contribution in [0.25, 0.3) is 21.7 Å². The number of rotatable bonds is 7. The molecule has 0 N–H and O–H groups in total. The van der Waals surface area contributed by atoms with Crippen LogP contribution in [0.2, 0.25) is 0 Å². The van der Waals surface area contributed by atoms with E-state index in [9.17, 15) is 9.59 Å². The molecule has 0 radical (unpaired) electrons. The summed E-state index contributed by atoms with van der Waals surface area (Å²) in [5.74, 6) is -0.299. The van der Waals surface area contributed by atoms with Gasteiger partial charge >= 0.3 is 5.97 Å². The first-order valence-electron chi connectivity index (χ1n) is 13.1. The summed E-state index contributed by atoms with van der Waals surface area (Å²) in [4.78, 5) is 31.6. The minimum atomic E-state index is -0.473. The second-order valence-electron chi connectivity index (χ2n) is 9.67. The van der Waals surface area contributed by atoms with Crippen LogP contribution in [0, 0.1) is 6.92 Å². The van der Waals surface area contributed by atoms with Crippen LogP contribution in [0.4, 0.5) is 0 Å². The standard InChI is InChI=1S/C35H25NO4S/c1-22-7-3-6-10-31(22)34(36-40-23(2)37)24-11-15-29(16-12-24)41-30-17-13-25(14-18-30)35(38)33-21-28-19-26-8-4-5-9-27(26)20-32(28)39-33/h3-21H,1-2H3/b36-34-. The smallest absolute Gasteiger partial charge is 0.332 e. The molecule has 0 spiro atoms. The Morgan fingerprint density at radius 2 is 1.32 bits per heavy atom. The van der Waals surface area contributed by atoms with Crippen LogP contribution in [0.3, 0.4) is 0 Å². The van der Waals surface area contributed by atoms with Gasteiger partial charge in [0.25, 0.3) is 0 Å². The summed E-state index contributed by atoms with van der Waals surface area (Å²) in [6.07, 6.45) is 0. The molecule has 0 aliphatic carbocycles. The number of ketones is 1. The predicted molar refractivity (Wildman–Crippen MR) is 163 cm³/mol. The SMILES string of the molecule is CC(=O)O/N=C(/c1ccc(Sc2ccc(C(=O)c3cc4cc5ccccc5cc4o3)cc2)cc1)c1ccccc1C. The molecule has 0 fully saturated rings. The molecule has 1 heterocycles. The van der Waals surface area contributed by atoms with E-state index in [1.807, 2.05) is 122 Å². The number of benzene rings is 5. The van der Waals surface area contributed by atoms with Crippen molar-refractivity contribution in [1.82, 2.24) is 0 Å². The number of hydrogen-bond donors (Lipinski definition) is 0. The monoisotopic (exact) mass is 555 g/mol. The summed E-state index contributed by atoms with van der Waals surface area (Å²) in [6, 6.07) is 37.2. The van der Waals surface area contributed by atoms with Gasteiger partial charge in [-0.15, -0.1) is 0 Å². The van der Waals surface area contributed by atoms with Gasteiger partial charge in [-0.2, -0.15) is 0 Å². The van der Waals surface area contributed by atoms with Crippen molar-refractivity contribution < 1.29 is 18.8 Å². The van der Waals surface area contributed by atoms with E-state index in [4.69, 9.17) is 9.25 Å². The average Bonchev–Trinajstić information content (AvgIpc) is 3.40. The molecule has 41 heavy (non-hydrogen) atoms. The van der Waals surface area contributed by atoms with Crippen LogP contribution in [0.5, 0.6) is 0 Å². The maximum absolute atomic E-state index is 13.2. The fourth-order valence-corrected chi connectivity index (χ4v) is 5.50. The molecule has 5 nitrogen and oxygen atoms in total. The average molecular weight is 556 g/mol. The fourth-order valence-electron chi connectivity index (χ4n) is 4.68. The lowest BCUT2D eigenvalue weighted by atomic mass is 9.98. The van der Waals surface area contributed by atoms with Crippen LogP contribution in [-0.2, 0) is 9.63 Å². The fraction of sp³-hybridized carbons (Fsp3) is 0.0571. The summed E-state index contributed by atoms with van der Waals surface area (Å²) >= 11 is 1.59. The van der Waals surface area contributed by atoms with Crippen LogP contribution >= 0.6 is 11.8 Å². The van der Waals surface area contributed by atoms with E-state index in [0.29, 0.717) is 22.6 Å². The summed E-state index contributed by atoms with van der Waals surface area (Å²) in [6.45, 7) is 3.32. The number of carbonyl (C=O) groups is 2. The molecule has 200 valence electrons. The zero-order valence-corrected chi connectivity index (χ0v) is 23.3. The first-order chi connectivity index (χ1) is 19.9. The van der Waals surface area contributed by atoms with Crippen molar-refractivity contribution in [2.75, 3.05) is 0 Å². The Bertz CT molecular complexity index is 1880. The van der Waals surface area contributed by atoms with E-state index in [-0.39, 0.29) is 5.78 Å². The van der Waals surface area contributed by atoms with Gasteiger partial charge in [0, 0.05) is 38.8 Å². The Labute approximate surface area is 241 Å². The van der Waals surface area contributed by atoms with E-state index >= 15 is 0 Å². The molecule has 0 saturated carbocycles. The number of nitrogens with zero attached hydrogens (tertiary/aromatic N) is 1.